The van der Waals surface area contributed by atoms with E-state index in [0.29, 0.717) is 11.9 Å². The molecule has 0 aliphatic rings. The number of nitrogens with two attached hydrogens (primary N) is 1. The maximum atomic E-state index is 6.02. The number of nitrogens with one attached hydrogen (secondary N) is 1. The third-order valence-electron chi connectivity index (χ3n) is 3.14. The first kappa shape index (κ1) is 15.0. The minimum atomic E-state index is 0.333. The van der Waals surface area contributed by atoms with Crippen LogP contribution in [0.15, 0.2) is 12.3 Å². The number of hydrogen-bond acceptors (Lipinski definition) is 3. The van der Waals surface area contributed by atoms with Gasteiger partial charge in [-0.1, -0.05) is 20.8 Å². The molecule has 0 aromatic carbocycles. The van der Waals surface area contributed by atoms with Crippen LogP contribution in [-0.4, -0.2) is 11.5 Å². The van der Waals surface area contributed by atoms with Crippen molar-refractivity contribution in [1.82, 2.24) is 10.3 Å². The molecule has 0 aliphatic heterocycles. The smallest absolute Gasteiger partial charge is 0.128 e. The van der Waals surface area contributed by atoms with Crippen molar-refractivity contribution in [3.05, 3.63) is 23.4 Å². The molecule has 0 radical (unpaired) electrons. The van der Waals surface area contributed by atoms with E-state index in [4.69, 9.17) is 5.73 Å². The fourth-order valence-corrected chi connectivity index (χ4v) is 2.07. The van der Waals surface area contributed by atoms with Crippen molar-refractivity contribution >= 4 is 5.82 Å². The molecule has 3 N–H and O–H groups in total. The van der Waals surface area contributed by atoms with Gasteiger partial charge in [-0.3, -0.25) is 0 Å². The summed E-state index contributed by atoms with van der Waals surface area (Å²) >= 11 is 0. The Morgan fingerprint density at radius 1 is 1.33 bits per heavy atom. The zero-order valence-corrected chi connectivity index (χ0v) is 12.2. The number of rotatable bonds is 7. The Hall–Kier alpha value is -1.09. The van der Waals surface area contributed by atoms with Crippen molar-refractivity contribution < 1.29 is 0 Å². The van der Waals surface area contributed by atoms with Gasteiger partial charge >= 0.3 is 0 Å². The van der Waals surface area contributed by atoms with Gasteiger partial charge in [0.25, 0.3) is 0 Å². The molecule has 18 heavy (non-hydrogen) atoms. The second-order valence-electron chi connectivity index (χ2n) is 5.47. The molecule has 1 aromatic rings. The van der Waals surface area contributed by atoms with E-state index in [0.717, 1.165) is 30.9 Å². The molecular formula is C15H27N3. The van der Waals surface area contributed by atoms with E-state index in [1.54, 1.807) is 0 Å². The Kier molecular flexibility index (Phi) is 6.13. The van der Waals surface area contributed by atoms with Crippen molar-refractivity contribution in [2.24, 2.45) is 5.92 Å². The monoisotopic (exact) mass is 249 g/mol. The van der Waals surface area contributed by atoms with Crippen molar-refractivity contribution in [2.45, 2.75) is 53.0 Å². The molecule has 1 unspecified atom stereocenters. The van der Waals surface area contributed by atoms with Gasteiger partial charge in [0.15, 0.2) is 0 Å². The highest BCUT2D eigenvalue weighted by atomic mass is 14.9. The largest absolute Gasteiger partial charge is 0.383 e. The van der Waals surface area contributed by atoms with Crippen LogP contribution in [0.1, 0.15) is 57.2 Å². The third kappa shape index (κ3) is 4.65. The van der Waals surface area contributed by atoms with Crippen LogP contribution >= 0.6 is 0 Å². The SMILES string of the molecule is CCCNC(CCC(C)C)c1cc(C)cnc1N. The van der Waals surface area contributed by atoms with Crippen LogP contribution in [0.4, 0.5) is 5.82 Å². The van der Waals surface area contributed by atoms with Crippen LogP contribution in [0.25, 0.3) is 0 Å². The van der Waals surface area contributed by atoms with Gasteiger partial charge in [0.1, 0.15) is 5.82 Å². The highest BCUT2D eigenvalue weighted by Gasteiger charge is 2.15. The van der Waals surface area contributed by atoms with Crippen LogP contribution in [0.2, 0.25) is 0 Å². The first-order valence-electron chi connectivity index (χ1n) is 7.00. The highest BCUT2D eigenvalue weighted by Crippen LogP contribution is 2.25. The average Bonchev–Trinajstić information content (AvgIpc) is 2.32. The lowest BCUT2D eigenvalue weighted by atomic mass is 9.97. The van der Waals surface area contributed by atoms with Crippen molar-refractivity contribution in [3.63, 3.8) is 0 Å². The van der Waals surface area contributed by atoms with Crippen LogP contribution in [0.5, 0.6) is 0 Å². The fourth-order valence-electron chi connectivity index (χ4n) is 2.07. The second-order valence-corrected chi connectivity index (χ2v) is 5.47. The molecular weight excluding hydrogens is 222 g/mol. The van der Waals surface area contributed by atoms with Gasteiger partial charge in [0, 0.05) is 17.8 Å². The summed E-state index contributed by atoms with van der Waals surface area (Å²) in [6, 6.07) is 2.50. The van der Waals surface area contributed by atoms with E-state index in [1.807, 2.05) is 6.20 Å². The quantitative estimate of drug-likeness (QED) is 0.778. The molecule has 102 valence electrons. The Morgan fingerprint density at radius 2 is 2.06 bits per heavy atom. The predicted molar refractivity (Wildman–Crippen MR) is 78.5 cm³/mol. The van der Waals surface area contributed by atoms with Gasteiger partial charge < -0.3 is 11.1 Å². The lowest BCUT2D eigenvalue weighted by Crippen LogP contribution is -2.24. The molecule has 1 heterocycles. The van der Waals surface area contributed by atoms with Crippen LogP contribution in [-0.2, 0) is 0 Å². The van der Waals surface area contributed by atoms with Crippen molar-refractivity contribution in [1.29, 1.82) is 0 Å². The first-order chi connectivity index (χ1) is 8.54. The minimum Gasteiger partial charge on any atom is -0.383 e. The Labute approximate surface area is 111 Å². The Bertz CT molecular complexity index is 361. The summed E-state index contributed by atoms with van der Waals surface area (Å²) < 4.78 is 0. The van der Waals surface area contributed by atoms with Gasteiger partial charge in [-0.2, -0.15) is 0 Å². The number of pyridine rings is 1. The standard InChI is InChI=1S/C15H27N3/c1-5-8-17-14(7-6-11(2)3)13-9-12(4)10-18-15(13)16/h9-11,14,17H,5-8H2,1-4H3,(H2,16,18). The fraction of sp³-hybridized carbons (Fsp3) is 0.667. The molecule has 3 nitrogen and oxygen atoms in total. The molecule has 3 heteroatoms. The van der Waals surface area contributed by atoms with Gasteiger partial charge in [0.05, 0.1) is 0 Å². The lowest BCUT2D eigenvalue weighted by molar-refractivity contribution is 0.441. The minimum absolute atomic E-state index is 0.333. The number of hydrogen-bond donors (Lipinski definition) is 2. The highest BCUT2D eigenvalue weighted by molar-refractivity contribution is 5.42. The number of anilines is 1. The summed E-state index contributed by atoms with van der Waals surface area (Å²) in [6.07, 6.45) is 5.29. The van der Waals surface area contributed by atoms with Crippen molar-refractivity contribution in [2.75, 3.05) is 12.3 Å². The molecule has 1 atom stereocenters. The topological polar surface area (TPSA) is 50.9 Å². The van der Waals surface area contributed by atoms with E-state index >= 15 is 0 Å². The maximum Gasteiger partial charge on any atom is 0.128 e. The normalized spacial score (nSPS) is 12.9. The zero-order valence-electron chi connectivity index (χ0n) is 12.2. The maximum absolute atomic E-state index is 6.02. The van der Waals surface area contributed by atoms with E-state index in [-0.39, 0.29) is 0 Å². The van der Waals surface area contributed by atoms with Crippen LogP contribution < -0.4 is 11.1 Å². The van der Waals surface area contributed by atoms with Gasteiger partial charge in [-0.15, -0.1) is 0 Å². The Balaban J connectivity index is 2.82. The van der Waals surface area contributed by atoms with E-state index in [1.165, 1.54) is 12.0 Å². The zero-order chi connectivity index (χ0) is 13.5. The number of nitrogens with zero attached hydrogens (tertiary/aromatic N) is 1. The van der Waals surface area contributed by atoms with Crippen molar-refractivity contribution in [3.8, 4) is 0 Å². The molecule has 1 aromatic heterocycles. The lowest BCUT2D eigenvalue weighted by Gasteiger charge is -2.21. The molecule has 0 aliphatic carbocycles. The molecule has 0 spiro atoms. The molecule has 0 saturated carbocycles. The van der Waals surface area contributed by atoms with Gasteiger partial charge in [0.2, 0.25) is 0 Å². The number of nitrogen functional groups attached to an aromatic ring is 1. The first-order valence-corrected chi connectivity index (χ1v) is 7.00. The third-order valence-corrected chi connectivity index (χ3v) is 3.14. The van der Waals surface area contributed by atoms with Gasteiger partial charge in [-0.05, 0) is 50.3 Å². The average molecular weight is 249 g/mol. The predicted octanol–water partition coefficient (Wildman–Crippen LogP) is 3.45. The summed E-state index contributed by atoms with van der Waals surface area (Å²) in [5, 5.41) is 3.59. The van der Waals surface area contributed by atoms with Crippen LogP contribution in [0, 0.1) is 12.8 Å². The summed E-state index contributed by atoms with van der Waals surface area (Å²) in [5.41, 5.74) is 8.35. The van der Waals surface area contributed by atoms with Crippen LogP contribution in [0.3, 0.4) is 0 Å². The summed E-state index contributed by atoms with van der Waals surface area (Å²) in [5.74, 6) is 1.38. The summed E-state index contributed by atoms with van der Waals surface area (Å²) in [7, 11) is 0. The second kappa shape index (κ2) is 7.37. The van der Waals surface area contributed by atoms with E-state index in [9.17, 15) is 0 Å². The number of aryl methyl sites for hydroxylation is 1. The van der Waals surface area contributed by atoms with E-state index < -0.39 is 0 Å². The Morgan fingerprint density at radius 3 is 2.67 bits per heavy atom. The molecule has 0 saturated heterocycles. The number of aromatic nitrogens is 1. The molecule has 0 fully saturated rings. The van der Waals surface area contributed by atoms with Gasteiger partial charge in [-0.25, -0.2) is 4.98 Å². The molecule has 0 amide bonds. The van der Waals surface area contributed by atoms with E-state index in [2.05, 4.69) is 44.1 Å². The summed E-state index contributed by atoms with van der Waals surface area (Å²) in [6.45, 7) is 9.79. The summed E-state index contributed by atoms with van der Waals surface area (Å²) in [4.78, 5) is 4.27. The molecule has 0 bridgehead atoms. The molecule has 1 rings (SSSR count).